The van der Waals surface area contributed by atoms with Crippen LogP contribution >= 0.6 is 0 Å². The van der Waals surface area contributed by atoms with Gasteiger partial charge >= 0.3 is 6.09 Å². The number of amides is 2. The first kappa shape index (κ1) is 22.4. The molecule has 166 valence electrons. The number of hydrogen-bond donors (Lipinski definition) is 2. The summed E-state index contributed by atoms with van der Waals surface area (Å²) in [5.41, 5.74) is 2.50. The lowest BCUT2D eigenvalue weighted by molar-refractivity contribution is -0.114. The SMILES string of the molecule is CCOc1ccccc1NC(=O)OCCN1CCN(c2cccc(NC(C)=O)c2)CC1. The number of carbonyl (C=O) groups excluding carboxylic acids is 2. The number of hydrogen-bond acceptors (Lipinski definition) is 6. The Bertz CT molecular complexity index is 881. The largest absolute Gasteiger partial charge is 0.492 e. The van der Waals surface area contributed by atoms with E-state index in [1.54, 1.807) is 6.07 Å². The molecule has 1 fully saturated rings. The number of para-hydroxylation sites is 2. The highest BCUT2D eigenvalue weighted by molar-refractivity contribution is 5.89. The minimum Gasteiger partial charge on any atom is -0.492 e. The second-order valence-electron chi connectivity index (χ2n) is 7.25. The molecule has 2 aromatic carbocycles. The molecule has 8 heteroatoms. The van der Waals surface area contributed by atoms with Crippen LogP contribution in [0.15, 0.2) is 48.5 Å². The topological polar surface area (TPSA) is 83.1 Å². The molecule has 1 aliphatic heterocycles. The van der Waals surface area contributed by atoms with Crippen LogP contribution in [0.5, 0.6) is 5.75 Å². The van der Waals surface area contributed by atoms with Crippen LogP contribution in [0.1, 0.15) is 13.8 Å². The molecular weight excluding hydrogens is 396 g/mol. The summed E-state index contributed by atoms with van der Waals surface area (Å²) >= 11 is 0. The summed E-state index contributed by atoms with van der Waals surface area (Å²) in [6, 6.07) is 15.2. The van der Waals surface area contributed by atoms with Crippen LogP contribution in [0, 0.1) is 0 Å². The van der Waals surface area contributed by atoms with E-state index in [9.17, 15) is 9.59 Å². The number of ether oxygens (including phenoxy) is 2. The fraction of sp³-hybridized carbons (Fsp3) is 0.391. The Labute approximate surface area is 183 Å². The van der Waals surface area contributed by atoms with Crippen molar-refractivity contribution in [1.29, 1.82) is 0 Å². The molecule has 31 heavy (non-hydrogen) atoms. The third kappa shape index (κ3) is 6.89. The van der Waals surface area contributed by atoms with Crippen molar-refractivity contribution in [2.75, 3.05) is 61.5 Å². The van der Waals surface area contributed by atoms with Gasteiger partial charge in [0, 0.05) is 51.0 Å². The number of nitrogens with zero attached hydrogens (tertiary/aromatic N) is 2. The highest BCUT2D eigenvalue weighted by Crippen LogP contribution is 2.24. The van der Waals surface area contributed by atoms with Crippen LogP contribution in [-0.4, -0.2) is 62.8 Å². The van der Waals surface area contributed by atoms with Crippen LogP contribution in [-0.2, 0) is 9.53 Å². The molecule has 0 unspecified atom stereocenters. The van der Waals surface area contributed by atoms with Gasteiger partial charge in [-0.3, -0.25) is 15.0 Å². The fourth-order valence-electron chi connectivity index (χ4n) is 3.48. The Balaban J connectivity index is 1.40. The number of nitrogens with one attached hydrogen (secondary N) is 2. The highest BCUT2D eigenvalue weighted by atomic mass is 16.5. The van der Waals surface area contributed by atoms with Crippen LogP contribution in [0.25, 0.3) is 0 Å². The van der Waals surface area contributed by atoms with Crippen molar-refractivity contribution in [3.05, 3.63) is 48.5 Å². The zero-order chi connectivity index (χ0) is 22.1. The van der Waals surface area contributed by atoms with E-state index in [0.29, 0.717) is 31.2 Å². The maximum atomic E-state index is 12.1. The molecule has 1 heterocycles. The van der Waals surface area contributed by atoms with Gasteiger partial charge in [-0.05, 0) is 37.3 Å². The molecule has 0 aromatic heterocycles. The summed E-state index contributed by atoms with van der Waals surface area (Å²) in [7, 11) is 0. The third-order valence-corrected chi connectivity index (χ3v) is 4.97. The Morgan fingerprint density at radius 1 is 1.00 bits per heavy atom. The molecule has 0 bridgehead atoms. The number of anilines is 3. The first-order chi connectivity index (χ1) is 15.0. The number of piperazine rings is 1. The summed E-state index contributed by atoms with van der Waals surface area (Å²) in [6.07, 6.45) is -0.486. The van der Waals surface area contributed by atoms with E-state index in [4.69, 9.17) is 9.47 Å². The fourth-order valence-corrected chi connectivity index (χ4v) is 3.48. The maximum absolute atomic E-state index is 12.1. The molecule has 1 saturated heterocycles. The quantitative estimate of drug-likeness (QED) is 0.673. The summed E-state index contributed by atoms with van der Waals surface area (Å²) in [5.74, 6) is 0.549. The number of carbonyl (C=O) groups is 2. The summed E-state index contributed by atoms with van der Waals surface area (Å²) in [6.45, 7) is 8.43. The van der Waals surface area contributed by atoms with Crippen molar-refractivity contribution in [3.63, 3.8) is 0 Å². The smallest absolute Gasteiger partial charge is 0.411 e. The molecule has 0 aliphatic carbocycles. The molecule has 2 N–H and O–H groups in total. The van der Waals surface area contributed by atoms with Crippen molar-refractivity contribution < 1.29 is 19.1 Å². The predicted molar refractivity (Wildman–Crippen MR) is 122 cm³/mol. The lowest BCUT2D eigenvalue weighted by Crippen LogP contribution is -2.47. The standard InChI is InChI=1S/C23H30N4O4/c1-3-30-22-10-5-4-9-21(22)25-23(29)31-16-15-26-11-13-27(14-12-26)20-8-6-7-19(17-20)24-18(2)28/h4-10,17H,3,11-16H2,1-2H3,(H,24,28)(H,25,29). The molecule has 3 rings (SSSR count). The highest BCUT2D eigenvalue weighted by Gasteiger charge is 2.18. The van der Waals surface area contributed by atoms with Crippen molar-refractivity contribution in [1.82, 2.24) is 4.90 Å². The lowest BCUT2D eigenvalue weighted by Gasteiger charge is -2.36. The molecule has 0 spiro atoms. The lowest BCUT2D eigenvalue weighted by atomic mass is 10.2. The number of benzene rings is 2. The van der Waals surface area contributed by atoms with Gasteiger partial charge in [0.25, 0.3) is 0 Å². The molecule has 0 atom stereocenters. The molecule has 2 aromatic rings. The molecular formula is C23H30N4O4. The monoisotopic (exact) mass is 426 g/mol. The molecule has 0 saturated carbocycles. The van der Waals surface area contributed by atoms with E-state index >= 15 is 0 Å². The second kappa shape index (κ2) is 11.2. The third-order valence-electron chi connectivity index (χ3n) is 4.97. The summed E-state index contributed by atoms with van der Waals surface area (Å²) in [4.78, 5) is 27.9. The average Bonchev–Trinajstić information content (AvgIpc) is 2.75. The van der Waals surface area contributed by atoms with Gasteiger partial charge in [-0.25, -0.2) is 4.79 Å². The van der Waals surface area contributed by atoms with Crippen LogP contribution in [0.4, 0.5) is 21.9 Å². The van der Waals surface area contributed by atoms with Gasteiger partial charge in [-0.15, -0.1) is 0 Å². The first-order valence-electron chi connectivity index (χ1n) is 10.6. The van der Waals surface area contributed by atoms with Crippen molar-refractivity contribution in [3.8, 4) is 5.75 Å². The van der Waals surface area contributed by atoms with Crippen molar-refractivity contribution >= 4 is 29.1 Å². The Morgan fingerprint density at radius 2 is 1.77 bits per heavy atom. The van der Waals surface area contributed by atoms with Crippen molar-refractivity contribution in [2.45, 2.75) is 13.8 Å². The summed E-state index contributed by atoms with van der Waals surface area (Å²) < 4.78 is 10.9. The van der Waals surface area contributed by atoms with Crippen LogP contribution in [0.3, 0.4) is 0 Å². The van der Waals surface area contributed by atoms with Gasteiger partial charge in [0.2, 0.25) is 5.91 Å². The van der Waals surface area contributed by atoms with Crippen molar-refractivity contribution in [2.24, 2.45) is 0 Å². The van der Waals surface area contributed by atoms with Gasteiger partial charge in [-0.2, -0.15) is 0 Å². The Morgan fingerprint density at radius 3 is 2.52 bits per heavy atom. The van der Waals surface area contributed by atoms with Gasteiger partial charge in [0.05, 0.1) is 12.3 Å². The molecule has 8 nitrogen and oxygen atoms in total. The van der Waals surface area contributed by atoms with Gasteiger partial charge in [0.15, 0.2) is 0 Å². The van der Waals surface area contributed by atoms with E-state index in [1.165, 1.54) is 6.92 Å². The average molecular weight is 427 g/mol. The summed E-state index contributed by atoms with van der Waals surface area (Å²) in [5, 5.41) is 5.56. The Hall–Kier alpha value is -3.26. The van der Waals surface area contributed by atoms with E-state index in [0.717, 1.165) is 37.6 Å². The van der Waals surface area contributed by atoms with E-state index < -0.39 is 6.09 Å². The minimum atomic E-state index is -0.486. The molecule has 1 aliphatic rings. The van der Waals surface area contributed by atoms with Gasteiger partial charge in [0.1, 0.15) is 12.4 Å². The molecule has 0 radical (unpaired) electrons. The maximum Gasteiger partial charge on any atom is 0.411 e. The molecule has 2 amide bonds. The van der Waals surface area contributed by atoms with Crippen LogP contribution < -0.4 is 20.3 Å². The van der Waals surface area contributed by atoms with Crippen LogP contribution in [0.2, 0.25) is 0 Å². The Kier molecular flexibility index (Phi) is 8.12. The normalized spacial score (nSPS) is 14.1. The van der Waals surface area contributed by atoms with E-state index in [1.807, 2.05) is 43.3 Å². The van der Waals surface area contributed by atoms with Gasteiger partial charge in [-0.1, -0.05) is 18.2 Å². The predicted octanol–water partition coefficient (Wildman–Crippen LogP) is 3.41. The van der Waals surface area contributed by atoms with E-state index in [-0.39, 0.29) is 5.91 Å². The zero-order valence-electron chi connectivity index (χ0n) is 18.1. The minimum absolute atomic E-state index is 0.0765. The second-order valence-corrected chi connectivity index (χ2v) is 7.25. The van der Waals surface area contributed by atoms with E-state index in [2.05, 4.69) is 26.5 Å². The number of rotatable bonds is 8. The first-order valence-corrected chi connectivity index (χ1v) is 10.6. The zero-order valence-corrected chi connectivity index (χ0v) is 18.1. The van der Waals surface area contributed by atoms with Gasteiger partial charge < -0.3 is 19.7 Å².